The zero-order valence-electron chi connectivity index (χ0n) is 9.96. The van der Waals surface area contributed by atoms with Gasteiger partial charge in [-0.25, -0.2) is 4.79 Å². The van der Waals surface area contributed by atoms with Crippen LogP contribution in [0, 0.1) is 0 Å². The molecule has 84 valence electrons. The Bertz CT molecular complexity index is 353. The van der Waals surface area contributed by atoms with Crippen LogP contribution in [-0.4, -0.2) is 17.1 Å². The average Bonchev–Trinajstić information content (AvgIpc) is 2.55. The lowest BCUT2D eigenvalue weighted by atomic mass is 10.2. The molecular weight excluding hydrogens is 190 g/mol. The SMILES string of the molecule is CCOC(=O)c1cc(CC)n(C)c1CC. The zero-order chi connectivity index (χ0) is 11.4. The van der Waals surface area contributed by atoms with Crippen LogP contribution >= 0.6 is 0 Å². The molecule has 1 aromatic heterocycles. The van der Waals surface area contributed by atoms with Gasteiger partial charge in [0.15, 0.2) is 0 Å². The van der Waals surface area contributed by atoms with E-state index >= 15 is 0 Å². The van der Waals surface area contributed by atoms with Gasteiger partial charge in [-0.15, -0.1) is 0 Å². The molecule has 1 rings (SSSR count). The van der Waals surface area contributed by atoms with Gasteiger partial charge in [-0.3, -0.25) is 0 Å². The summed E-state index contributed by atoms with van der Waals surface area (Å²) < 4.78 is 7.12. The molecule has 0 fully saturated rings. The molecule has 0 aliphatic heterocycles. The minimum Gasteiger partial charge on any atom is -0.462 e. The minimum atomic E-state index is -0.204. The van der Waals surface area contributed by atoms with Gasteiger partial charge in [0, 0.05) is 18.4 Å². The van der Waals surface area contributed by atoms with Crippen molar-refractivity contribution in [3.8, 4) is 0 Å². The molecule has 1 aromatic rings. The van der Waals surface area contributed by atoms with E-state index in [2.05, 4.69) is 18.4 Å². The summed E-state index contributed by atoms with van der Waals surface area (Å²) in [5.74, 6) is -0.204. The number of nitrogens with zero attached hydrogens (tertiary/aromatic N) is 1. The molecule has 15 heavy (non-hydrogen) atoms. The maximum atomic E-state index is 11.7. The summed E-state index contributed by atoms with van der Waals surface area (Å²) in [6.07, 6.45) is 1.79. The van der Waals surface area contributed by atoms with E-state index in [-0.39, 0.29) is 5.97 Å². The monoisotopic (exact) mass is 209 g/mol. The van der Waals surface area contributed by atoms with Gasteiger partial charge in [0.25, 0.3) is 0 Å². The summed E-state index contributed by atoms with van der Waals surface area (Å²) in [7, 11) is 2.00. The molecule has 0 N–H and O–H groups in total. The summed E-state index contributed by atoms with van der Waals surface area (Å²) in [5.41, 5.74) is 2.96. The lowest BCUT2D eigenvalue weighted by Crippen LogP contribution is -2.08. The Morgan fingerprint density at radius 2 is 2.00 bits per heavy atom. The third-order valence-corrected chi connectivity index (χ3v) is 2.65. The Labute approximate surface area is 91.0 Å². The van der Waals surface area contributed by atoms with Crippen LogP contribution in [0.15, 0.2) is 6.07 Å². The van der Waals surface area contributed by atoms with Crippen molar-refractivity contribution in [3.05, 3.63) is 23.0 Å². The Balaban J connectivity index is 3.11. The highest BCUT2D eigenvalue weighted by Gasteiger charge is 2.17. The van der Waals surface area contributed by atoms with Crippen molar-refractivity contribution in [2.75, 3.05) is 6.61 Å². The van der Waals surface area contributed by atoms with Crippen molar-refractivity contribution in [3.63, 3.8) is 0 Å². The molecule has 0 amide bonds. The summed E-state index contributed by atoms with van der Waals surface area (Å²) >= 11 is 0. The van der Waals surface area contributed by atoms with E-state index in [9.17, 15) is 4.79 Å². The molecule has 0 aromatic carbocycles. The fraction of sp³-hybridized carbons (Fsp3) is 0.583. The third-order valence-electron chi connectivity index (χ3n) is 2.65. The number of carbonyl (C=O) groups is 1. The molecule has 0 saturated carbocycles. The second-order valence-corrected chi connectivity index (χ2v) is 3.48. The normalized spacial score (nSPS) is 10.4. The van der Waals surface area contributed by atoms with Crippen LogP contribution in [0.3, 0.4) is 0 Å². The summed E-state index contributed by atoms with van der Waals surface area (Å²) in [5, 5.41) is 0. The van der Waals surface area contributed by atoms with Gasteiger partial charge in [0.1, 0.15) is 0 Å². The van der Waals surface area contributed by atoms with Gasteiger partial charge < -0.3 is 9.30 Å². The highest BCUT2D eigenvalue weighted by atomic mass is 16.5. The zero-order valence-corrected chi connectivity index (χ0v) is 9.96. The van der Waals surface area contributed by atoms with Crippen LogP contribution in [0.4, 0.5) is 0 Å². The molecule has 1 heterocycles. The molecule has 0 aliphatic rings. The predicted octanol–water partition coefficient (Wildman–Crippen LogP) is 2.33. The Morgan fingerprint density at radius 3 is 2.47 bits per heavy atom. The average molecular weight is 209 g/mol. The lowest BCUT2D eigenvalue weighted by molar-refractivity contribution is 0.0525. The highest BCUT2D eigenvalue weighted by molar-refractivity contribution is 5.91. The van der Waals surface area contributed by atoms with E-state index in [1.54, 1.807) is 0 Å². The number of ether oxygens (including phenoxy) is 1. The first kappa shape index (κ1) is 11.8. The van der Waals surface area contributed by atoms with Crippen molar-refractivity contribution in [2.45, 2.75) is 33.6 Å². The fourth-order valence-corrected chi connectivity index (χ4v) is 1.85. The lowest BCUT2D eigenvalue weighted by Gasteiger charge is -2.05. The highest BCUT2D eigenvalue weighted by Crippen LogP contribution is 2.17. The number of hydrogen-bond donors (Lipinski definition) is 0. The standard InChI is InChI=1S/C12H19NO2/c1-5-9-8-10(12(14)15-7-3)11(6-2)13(9)4/h8H,5-7H2,1-4H3. The van der Waals surface area contributed by atoms with E-state index in [1.807, 2.05) is 20.0 Å². The van der Waals surface area contributed by atoms with Crippen LogP contribution in [0.25, 0.3) is 0 Å². The van der Waals surface area contributed by atoms with Crippen molar-refractivity contribution < 1.29 is 9.53 Å². The summed E-state index contributed by atoms with van der Waals surface area (Å²) in [4.78, 5) is 11.7. The first-order valence-corrected chi connectivity index (χ1v) is 5.50. The first-order valence-electron chi connectivity index (χ1n) is 5.50. The van der Waals surface area contributed by atoms with Crippen molar-refractivity contribution in [1.29, 1.82) is 0 Å². The summed E-state index contributed by atoms with van der Waals surface area (Å²) in [6, 6.07) is 1.94. The number of rotatable bonds is 4. The molecule has 0 radical (unpaired) electrons. The number of hydrogen-bond acceptors (Lipinski definition) is 2. The van der Waals surface area contributed by atoms with E-state index in [1.165, 1.54) is 5.69 Å². The number of esters is 1. The quantitative estimate of drug-likeness (QED) is 0.713. The van der Waals surface area contributed by atoms with Gasteiger partial charge in [-0.2, -0.15) is 0 Å². The van der Waals surface area contributed by atoms with Crippen LogP contribution < -0.4 is 0 Å². The molecule has 3 nitrogen and oxygen atoms in total. The number of carbonyl (C=O) groups excluding carboxylic acids is 1. The van der Waals surface area contributed by atoms with Gasteiger partial charge in [-0.1, -0.05) is 13.8 Å². The number of aryl methyl sites for hydroxylation is 1. The van der Waals surface area contributed by atoms with E-state index in [0.29, 0.717) is 6.61 Å². The van der Waals surface area contributed by atoms with E-state index in [4.69, 9.17) is 4.74 Å². The minimum absolute atomic E-state index is 0.204. The largest absolute Gasteiger partial charge is 0.462 e. The second-order valence-electron chi connectivity index (χ2n) is 3.48. The molecule has 0 atom stereocenters. The third kappa shape index (κ3) is 2.22. The Kier molecular flexibility index (Phi) is 3.95. The van der Waals surface area contributed by atoms with Crippen LogP contribution in [0.2, 0.25) is 0 Å². The molecule has 0 spiro atoms. The Hall–Kier alpha value is -1.25. The maximum absolute atomic E-state index is 11.7. The van der Waals surface area contributed by atoms with Crippen molar-refractivity contribution in [1.82, 2.24) is 4.57 Å². The number of aromatic nitrogens is 1. The van der Waals surface area contributed by atoms with E-state index in [0.717, 1.165) is 24.1 Å². The predicted molar refractivity (Wildman–Crippen MR) is 60.1 cm³/mol. The molecule has 0 saturated heterocycles. The van der Waals surface area contributed by atoms with Crippen LogP contribution in [0.1, 0.15) is 42.5 Å². The second kappa shape index (κ2) is 5.01. The van der Waals surface area contributed by atoms with Gasteiger partial charge >= 0.3 is 5.97 Å². The molecular formula is C12H19NO2. The molecule has 3 heteroatoms. The Morgan fingerprint density at radius 1 is 1.33 bits per heavy atom. The van der Waals surface area contributed by atoms with Gasteiger partial charge in [0.2, 0.25) is 0 Å². The summed E-state index contributed by atoms with van der Waals surface area (Å²) in [6.45, 7) is 6.40. The van der Waals surface area contributed by atoms with Crippen molar-refractivity contribution in [2.24, 2.45) is 7.05 Å². The van der Waals surface area contributed by atoms with Crippen LogP contribution in [-0.2, 0) is 24.6 Å². The molecule has 0 unspecified atom stereocenters. The fourth-order valence-electron chi connectivity index (χ4n) is 1.85. The molecule has 0 bridgehead atoms. The van der Waals surface area contributed by atoms with E-state index < -0.39 is 0 Å². The van der Waals surface area contributed by atoms with Crippen LogP contribution in [0.5, 0.6) is 0 Å². The van der Waals surface area contributed by atoms with Gasteiger partial charge in [0.05, 0.1) is 12.2 Å². The first-order chi connectivity index (χ1) is 7.15. The van der Waals surface area contributed by atoms with Gasteiger partial charge in [-0.05, 0) is 25.8 Å². The maximum Gasteiger partial charge on any atom is 0.339 e. The smallest absolute Gasteiger partial charge is 0.339 e. The van der Waals surface area contributed by atoms with Crippen molar-refractivity contribution >= 4 is 5.97 Å². The topological polar surface area (TPSA) is 31.2 Å². The molecule has 0 aliphatic carbocycles.